The van der Waals surface area contributed by atoms with Crippen LogP contribution >= 0.6 is 23.2 Å². The van der Waals surface area contributed by atoms with Gasteiger partial charge in [-0.05, 0) is 26.0 Å². The average molecular weight is 371 g/mol. The Balaban J connectivity index is 2.38. The Morgan fingerprint density at radius 3 is 2.75 bits per heavy atom. The molecule has 0 saturated carbocycles. The van der Waals surface area contributed by atoms with Crippen LogP contribution in [0.4, 0.5) is 0 Å². The van der Waals surface area contributed by atoms with Gasteiger partial charge in [0.05, 0.1) is 27.9 Å². The topological polar surface area (TPSA) is 73.6 Å². The second-order valence-electron chi connectivity index (χ2n) is 4.85. The first-order chi connectivity index (χ1) is 11.3. The minimum absolute atomic E-state index is 0.121. The number of phenolic OH excluding ortho intramolecular Hbond substituents is 1. The number of hydrogen-bond donors (Lipinski definition) is 1. The van der Waals surface area contributed by atoms with Gasteiger partial charge in [-0.2, -0.15) is 5.10 Å². The molecule has 24 heavy (non-hydrogen) atoms. The number of carbonyl (C=O) groups excluding carboxylic acids is 1. The van der Waals surface area contributed by atoms with Crippen LogP contribution in [0.3, 0.4) is 0 Å². The van der Waals surface area contributed by atoms with E-state index in [1.807, 2.05) is 0 Å². The van der Waals surface area contributed by atoms with Crippen molar-refractivity contribution in [1.29, 1.82) is 0 Å². The van der Waals surface area contributed by atoms with E-state index >= 15 is 0 Å². The summed E-state index contributed by atoms with van der Waals surface area (Å²) in [6.45, 7) is 3.79. The number of aromatic hydroxyl groups is 1. The highest BCUT2D eigenvalue weighted by molar-refractivity contribution is 6.36. The maximum atomic E-state index is 11.5. The zero-order chi connectivity index (χ0) is 17.9. The molecule has 1 aromatic heterocycles. The minimum Gasteiger partial charge on any atom is -0.506 e. The van der Waals surface area contributed by atoms with Crippen molar-refractivity contribution in [3.63, 3.8) is 0 Å². The summed E-state index contributed by atoms with van der Waals surface area (Å²) in [5.74, 6) is -0.0449. The number of hydrogen-bond acceptors (Lipinski definition) is 5. The smallest absolute Gasteiger partial charge is 0.330 e. The third kappa shape index (κ3) is 4.01. The van der Waals surface area contributed by atoms with Crippen molar-refractivity contribution in [3.8, 4) is 17.4 Å². The molecule has 0 unspecified atom stereocenters. The van der Waals surface area contributed by atoms with Gasteiger partial charge in [-0.25, -0.2) is 9.48 Å². The molecule has 0 saturated heterocycles. The molecule has 0 atom stereocenters. The molecular weight excluding hydrogens is 355 g/mol. The van der Waals surface area contributed by atoms with Crippen LogP contribution in [0.15, 0.2) is 18.2 Å². The number of carbonyl (C=O) groups is 1. The Labute approximate surface area is 149 Å². The summed E-state index contributed by atoms with van der Waals surface area (Å²) < 4.78 is 12.1. The standard InChI is InChI=1S/C16H16Cl2N2O4/c1-4-23-15(22)6-5-10-9(2)19-20(3)16(10)24-14-8-13(21)11(17)7-12(14)18/h5-8,21H,4H2,1-3H3/b6-5+. The molecule has 128 valence electrons. The lowest BCUT2D eigenvalue weighted by Gasteiger charge is -2.10. The van der Waals surface area contributed by atoms with Crippen LogP contribution in [0.25, 0.3) is 6.08 Å². The molecule has 0 radical (unpaired) electrons. The summed E-state index contributed by atoms with van der Waals surface area (Å²) in [6, 6.07) is 2.69. The van der Waals surface area contributed by atoms with Crippen molar-refractivity contribution >= 4 is 35.2 Å². The highest BCUT2D eigenvalue weighted by atomic mass is 35.5. The van der Waals surface area contributed by atoms with Gasteiger partial charge in [0.25, 0.3) is 0 Å². The first kappa shape index (κ1) is 18.2. The van der Waals surface area contributed by atoms with E-state index in [0.29, 0.717) is 17.1 Å². The molecule has 8 heteroatoms. The molecular formula is C16H16Cl2N2O4. The molecule has 0 bridgehead atoms. The van der Waals surface area contributed by atoms with E-state index in [0.717, 1.165) is 0 Å². The highest BCUT2D eigenvalue weighted by Crippen LogP contribution is 2.38. The van der Waals surface area contributed by atoms with Crippen molar-refractivity contribution in [2.75, 3.05) is 6.61 Å². The summed E-state index contributed by atoms with van der Waals surface area (Å²) in [6.07, 6.45) is 2.85. The third-order valence-electron chi connectivity index (χ3n) is 3.09. The van der Waals surface area contributed by atoms with Crippen LogP contribution in [0.2, 0.25) is 10.0 Å². The van der Waals surface area contributed by atoms with Crippen molar-refractivity contribution in [3.05, 3.63) is 39.5 Å². The van der Waals surface area contributed by atoms with Gasteiger partial charge in [-0.15, -0.1) is 0 Å². The van der Waals surface area contributed by atoms with Gasteiger partial charge >= 0.3 is 5.97 Å². The molecule has 0 aliphatic heterocycles. The summed E-state index contributed by atoms with van der Waals surface area (Å²) in [7, 11) is 1.69. The maximum Gasteiger partial charge on any atom is 0.330 e. The van der Waals surface area contributed by atoms with Crippen molar-refractivity contribution in [2.45, 2.75) is 13.8 Å². The number of esters is 1. The summed E-state index contributed by atoms with van der Waals surface area (Å²) >= 11 is 11.9. The predicted octanol–water partition coefficient (Wildman–Crippen LogP) is 4.11. The molecule has 0 aliphatic rings. The Hall–Kier alpha value is -2.18. The van der Waals surface area contributed by atoms with E-state index in [2.05, 4.69) is 5.10 Å². The molecule has 0 fully saturated rings. The summed E-state index contributed by atoms with van der Waals surface area (Å²) in [5, 5.41) is 14.3. The highest BCUT2D eigenvalue weighted by Gasteiger charge is 2.16. The Morgan fingerprint density at radius 2 is 2.08 bits per heavy atom. The monoisotopic (exact) mass is 370 g/mol. The largest absolute Gasteiger partial charge is 0.506 e. The maximum absolute atomic E-state index is 11.5. The minimum atomic E-state index is -0.464. The third-order valence-corrected chi connectivity index (χ3v) is 3.69. The average Bonchev–Trinajstić information content (AvgIpc) is 2.77. The van der Waals surface area contributed by atoms with Crippen molar-refractivity contribution in [1.82, 2.24) is 9.78 Å². The van der Waals surface area contributed by atoms with Crippen molar-refractivity contribution < 1.29 is 19.4 Å². The van der Waals surface area contributed by atoms with Crippen LogP contribution in [0.1, 0.15) is 18.2 Å². The second-order valence-corrected chi connectivity index (χ2v) is 5.66. The van der Waals surface area contributed by atoms with Gasteiger partial charge in [-0.1, -0.05) is 23.2 Å². The predicted molar refractivity (Wildman–Crippen MR) is 91.8 cm³/mol. The number of rotatable bonds is 5. The summed E-state index contributed by atoms with van der Waals surface area (Å²) in [4.78, 5) is 11.5. The molecule has 1 heterocycles. The molecule has 0 spiro atoms. The van der Waals surface area contributed by atoms with Crippen LogP contribution in [0, 0.1) is 6.92 Å². The fraction of sp³-hybridized carbons (Fsp3) is 0.250. The van der Waals surface area contributed by atoms with E-state index in [4.69, 9.17) is 32.7 Å². The molecule has 2 aromatic rings. The number of nitrogens with zero attached hydrogens (tertiary/aromatic N) is 2. The van der Waals surface area contributed by atoms with Gasteiger partial charge in [-0.3, -0.25) is 0 Å². The Morgan fingerprint density at radius 1 is 1.38 bits per heavy atom. The lowest BCUT2D eigenvalue weighted by molar-refractivity contribution is -0.137. The molecule has 6 nitrogen and oxygen atoms in total. The Bertz CT molecular complexity index is 800. The number of ether oxygens (including phenoxy) is 2. The van der Waals surface area contributed by atoms with Gasteiger partial charge in [0.1, 0.15) is 5.75 Å². The number of aryl methyl sites for hydroxylation is 2. The van der Waals surface area contributed by atoms with E-state index in [1.54, 1.807) is 27.0 Å². The van der Waals surface area contributed by atoms with E-state index in [-0.39, 0.29) is 28.2 Å². The van der Waals surface area contributed by atoms with Crippen LogP contribution in [-0.4, -0.2) is 27.5 Å². The van der Waals surface area contributed by atoms with Crippen LogP contribution in [0.5, 0.6) is 17.4 Å². The normalized spacial score (nSPS) is 11.0. The number of phenols is 1. The molecule has 1 N–H and O–H groups in total. The van der Waals surface area contributed by atoms with Gasteiger partial charge in [0.15, 0.2) is 5.75 Å². The second kappa shape index (κ2) is 7.59. The molecule has 1 aromatic carbocycles. The van der Waals surface area contributed by atoms with E-state index in [1.165, 1.54) is 22.9 Å². The number of aromatic nitrogens is 2. The van der Waals surface area contributed by atoms with Crippen LogP contribution in [-0.2, 0) is 16.6 Å². The fourth-order valence-corrected chi connectivity index (χ4v) is 2.43. The lowest BCUT2D eigenvalue weighted by Crippen LogP contribution is -1.99. The first-order valence-electron chi connectivity index (χ1n) is 7.07. The van der Waals surface area contributed by atoms with Crippen LogP contribution < -0.4 is 4.74 Å². The van der Waals surface area contributed by atoms with Crippen molar-refractivity contribution in [2.24, 2.45) is 7.05 Å². The number of benzene rings is 1. The van der Waals surface area contributed by atoms with E-state index < -0.39 is 5.97 Å². The molecule has 0 aliphatic carbocycles. The lowest BCUT2D eigenvalue weighted by atomic mass is 10.2. The number of halogens is 2. The van der Waals surface area contributed by atoms with E-state index in [9.17, 15) is 9.90 Å². The zero-order valence-electron chi connectivity index (χ0n) is 13.3. The molecule has 0 amide bonds. The fourth-order valence-electron chi connectivity index (χ4n) is 2.01. The van der Waals surface area contributed by atoms with Gasteiger partial charge in [0, 0.05) is 19.2 Å². The Kier molecular flexibility index (Phi) is 5.75. The first-order valence-corrected chi connectivity index (χ1v) is 7.83. The zero-order valence-corrected chi connectivity index (χ0v) is 14.9. The van der Waals surface area contributed by atoms with Gasteiger partial charge in [0.2, 0.25) is 5.88 Å². The molecule has 2 rings (SSSR count). The summed E-state index contributed by atoms with van der Waals surface area (Å²) in [5.41, 5.74) is 1.25. The SMILES string of the molecule is CCOC(=O)/C=C/c1c(C)nn(C)c1Oc1cc(O)c(Cl)cc1Cl. The quantitative estimate of drug-likeness (QED) is 0.633. The van der Waals surface area contributed by atoms with Gasteiger partial charge < -0.3 is 14.6 Å².